The fraction of sp³-hybridized carbons (Fsp3) is 0.417. The first-order valence-electron chi connectivity index (χ1n) is 5.37. The predicted octanol–water partition coefficient (Wildman–Crippen LogP) is 2.13. The molecule has 0 aliphatic rings. The molecule has 1 heterocycles. The van der Waals surface area contributed by atoms with Crippen LogP contribution in [-0.2, 0) is 0 Å². The summed E-state index contributed by atoms with van der Waals surface area (Å²) >= 11 is 0.449. The first-order valence-corrected chi connectivity index (χ1v) is 7.08. The van der Waals surface area contributed by atoms with Gasteiger partial charge in [-0.2, -0.15) is 0 Å². The van der Waals surface area contributed by atoms with Gasteiger partial charge in [0, 0.05) is 0 Å². The fourth-order valence-electron chi connectivity index (χ4n) is 1.65. The summed E-state index contributed by atoms with van der Waals surface area (Å²) in [6.45, 7) is 3.06. The topological polar surface area (TPSA) is 38.9 Å². The summed E-state index contributed by atoms with van der Waals surface area (Å²) in [5.74, 6) is 0.598. The van der Waals surface area contributed by atoms with Gasteiger partial charge in [0.2, 0.25) is 0 Å². The number of aromatic nitrogens is 1. The predicted molar refractivity (Wildman–Crippen MR) is 65.4 cm³/mol. The molecule has 0 saturated heterocycles. The molecule has 2 rings (SSSR count). The van der Waals surface area contributed by atoms with Gasteiger partial charge in [0.1, 0.15) is 0 Å². The molecule has 0 saturated carbocycles. The standard InChI is InChI=1S/C12H16N2Se/c1-9(5-4-8-13)12-14-10-6-2-3-7-11(10)15-12/h2-3,6-7,9H,4-5,8,13H2,1H3. The van der Waals surface area contributed by atoms with E-state index in [-0.39, 0.29) is 0 Å². The molecule has 2 aromatic rings. The first-order chi connectivity index (χ1) is 7.31. The number of benzene rings is 1. The zero-order valence-corrected chi connectivity index (χ0v) is 10.7. The molecule has 1 unspecified atom stereocenters. The van der Waals surface area contributed by atoms with Crippen LogP contribution in [0, 0.1) is 0 Å². The van der Waals surface area contributed by atoms with E-state index in [9.17, 15) is 0 Å². The number of rotatable bonds is 4. The van der Waals surface area contributed by atoms with Gasteiger partial charge in [-0.1, -0.05) is 0 Å². The summed E-state index contributed by atoms with van der Waals surface area (Å²) in [5, 5.41) is 0. The van der Waals surface area contributed by atoms with Gasteiger partial charge >= 0.3 is 96.1 Å². The van der Waals surface area contributed by atoms with Crippen molar-refractivity contribution in [2.24, 2.45) is 5.73 Å². The van der Waals surface area contributed by atoms with Crippen molar-refractivity contribution in [1.29, 1.82) is 0 Å². The maximum atomic E-state index is 5.52. The van der Waals surface area contributed by atoms with Gasteiger partial charge in [-0.15, -0.1) is 0 Å². The molecule has 0 aliphatic carbocycles. The Bertz CT molecular complexity index is 403. The Morgan fingerprint density at radius 1 is 1.40 bits per heavy atom. The summed E-state index contributed by atoms with van der Waals surface area (Å²) in [6, 6.07) is 8.47. The van der Waals surface area contributed by atoms with Crippen molar-refractivity contribution in [3.05, 3.63) is 28.8 Å². The van der Waals surface area contributed by atoms with Crippen LogP contribution in [0.15, 0.2) is 24.3 Å². The van der Waals surface area contributed by atoms with Crippen molar-refractivity contribution in [2.75, 3.05) is 6.54 Å². The first kappa shape index (κ1) is 10.9. The number of hydrogen-bond donors (Lipinski definition) is 1. The zero-order chi connectivity index (χ0) is 10.7. The Labute approximate surface area is 96.3 Å². The van der Waals surface area contributed by atoms with Crippen molar-refractivity contribution < 1.29 is 0 Å². The van der Waals surface area contributed by atoms with E-state index in [1.165, 1.54) is 20.8 Å². The second-order valence-electron chi connectivity index (χ2n) is 3.85. The minimum absolute atomic E-state index is 0.449. The van der Waals surface area contributed by atoms with Gasteiger partial charge in [-0.05, 0) is 0 Å². The van der Waals surface area contributed by atoms with Gasteiger partial charge < -0.3 is 0 Å². The van der Waals surface area contributed by atoms with Crippen LogP contribution < -0.4 is 5.73 Å². The van der Waals surface area contributed by atoms with Gasteiger partial charge in [0.05, 0.1) is 0 Å². The zero-order valence-electron chi connectivity index (χ0n) is 8.94. The van der Waals surface area contributed by atoms with Crippen molar-refractivity contribution >= 4 is 24.3 Å². The van der Waals surface area contributed by atoms with Crippen LogP contribution in [0.2, 0.25) is 0 Å². The molecule has 1 atom stereocenters. The summed E-state index contributed by atoms with van der Waals surface area (Å²) in [7, 11) is 0. The average Bonchev–Trinajstić information content (AvgIpc) is 2.69. The molecule has 0 aliphatic heterocycles. The van der Waals surface area contributed by atoms with Gasteiger partial charge in [-0.3, -0.25) is 0 Å². The third kappa shape index (κ3) is 2.49. The van der Waals surface area contributed by atoms with Crippen molar-refractivity contribution in [1.82, 2.24) is 4.98 Å². The maximum absolute atomic E-state index is 5.52. The summed E-state index contributed by atoms with van der Waals surface area (Å²) in [6.07, 6.45) is 2.28. The van der Waals surface area contributed by atoms with Crippen molar-refractivity contribution in [3.8, 4) is 0 Å². The molecule has 0 spiro atoms. The number of hydrogen-bond acceptors (Lipinski definition) is 2. The molecular weight excluding hydrogens is 251 g/mol. The molecular formula is C12H16N2Se. The van der Waals surface area contributed by atoms with E-state index in [0.717, 1.165) is 13.0 Å². The molecule has 2 N–H and O–H groups in total. The van der Waals surface area contributed by atoms with Crippen molar-refractivity contribution in [3.63, 3.8) is 0 Å². The SMILES string of the molecule is CC(CCCN)c1nc2ccccc2[se]1. The average molecular weight is 267 g/mol. The fourth-order valence-corrected chi connectivity index (χ4v) is 3.86. The molecule has 0 amide bonds. The molecule has 1 aromatic carbocycles. The number of para-hydroxylation sites is 1. The van der Waals surface area contributed by atoms with Crippen LogP contribution in [0.4, 0.5) is 0 Å². The molecule has 0 fully saturated rings. The van der Waals surface area contributed by atoms with E-state index in [0.29, 0.717) is 20.4 Å². The Hall–Kier alpha value is -0.631. The van der Waals surface area contributed by atoms with Gasteiger partial charge in [-0.25, -0.2) is 0 Å². The van der Waals surface area contributed by atoms with E-state index in [1.54, 1.807) is 0 Å². The normalized spacial score (nSPS) is 13.2. The van der Waals surface area contributed by atoms with Crippen LogP contribution in [0.3, 0.4) is 0 Å². The third-order valence-electron chi connectivity index (χ3n) is 2.57. The quantitative estimate of drug-likeness (QED) is 0.862. The molecule has 0 radical (unpaired) electrons. The Kier molecular flexibility index (Phi) is 3.57. The van der Waals surface area contributed by atoms with E-state index >= 15 is 0 Å². The van der Waals surface area contributed by atoms with Crippen LogP contribution in [0.25, 0.3) is 9.78 Å². The van der Waals surface area contributed by atoms with Crippen molar-refractivity contribution in [2.45, 2.75) is 25.7 Å². The summed E-state index contributed by atoms with van der Waals surface area (Å²) < 4.78 is 2.82. The molecule has 1 aromatic heterocycles. The monoisotopic (exact) mass is 268 g/mol. The molecule has 3 heteroatoms. The van der Waals surface area contributed by atoms with Crippen LogP contribution in [0.5, 0.6) is 0 Å². The van der Waals surface area contributed by atoms with Gasteiger partial charge in [0.15, 0.2) is 0 Å². The van der Waals surface area contributed by atoms with E-state index in [2.05, 4.69) is 31.2 Å². The summed E-state index contributed by atoms with van der Waals surface area (Å²) in [4.78, 5) is 4.71. The number of fused-ring (bicyclic) bond motifs is 1. The van der Waals surface area contributed by atoms with E-state index < -0.39 is 0 Å². The number of nitrogens with zero attached hydrogens (tertiary/aromatic N) is 1. The van der Waals surface area contributed by atoms with Crippen LogP contribution in [0.1, 0.15) is 30.3 Å². The second-order valence-corrected chi connectivity index (χ2v) is 6.08. The Morgan fingerprint density at radius 3 is 2.93 bits per heavy atom. The van der Waals surface area contributed by atoms with E-state index in [1.807, 2.05) is 0 Å². The Morgan fingerprint density at radius 2 is 2.20 bits per heavy atom. The second kappa shape index (κ2) is 4.93. The van der Waals surface area contributed by atoms with E-state index in [4.69, 9.17) is 10.7 Å². The van der Waals surface area contributed by atoms with Crippen LogP contribution >= 0.6 is 0 Å². The molecule has 15 heavy (non-hydrogen) atoms. The molecule has 80 valence electrons. The Balaban J connectivity index is 2.20. The van der Waals surface area contributed by atoms with Crippen LogP contribution in [-0.4, -0.2) is 26.0 Å². The molecule has 0 bridgehead atoms. The summed E-state index contributed by atoms with van der Waals surface area (Å²) in [5.41, 5.74) is 6.71. The third-order valence-corrected chi connectivity index (χ3v) is 5.23. The number of nitrogens with two attached hydrogens (primary N) is 1. The van der Waals surface area contributed by atoms with Gasteiger partial charge in [0.25, 0.3) is 0 Å². The minimum atomic E-state index is 0.449. The molecule has 2 nitrogen and oxygen atoms in total.